The van der Waals surface area contributed by atoms with Gasteiger partial charge in [-0.3, -0.25) is 0 Å². The van der Waals surface area contributed by atoms with E-state index < -0.39 is 0 Å². The quantitative estimate of drug-likeness (QED) is 0.302. The summed E-state index contributed by atoms with van der Waals surface area (Å²) in [6, 6.07) is 0. The second kappa shape index (κ2) is 5.14. The second-order valence-electron chi connectivity index (χ2n) is 0.938. The average molecular weight is 100 g/mol. The molecule has 3 nitrogen and oxygen atoms in total. The first-order valence-corrected chi connectivity index (χ1v) is 2.03. The highest BCUT2D eigenvalue weighted by atomic mass is 16.1. The van der Waals surface area contributed by atoms with E-state index in [1.807, 2.05) is 0 Å². The van der Waals surface area contributed by atoms with Gasteiger partial charge in [-0.15, -0.1) is 0 Å². The Morgan fingerprint density at radius 3 is 3.00 bits per heavy atom. The number of nitrogens with one attached hydrogen (secondary N) is 1. The van der Waals surface area contributed by atoms with Crippen LogP contribution in [0.1, 0.15) is 6.42 Å². The van der Waals surface area contributed by atoms with Crippen LogP contribution >= 0.6 is 0 Å². The number of nitrogens with zero attached hydrogens (tertiary/aromatic N) is 1. The number of hydrogen-bond acceptors (Lipinski definition) is 3. The smallest absolute Gasteiger partial charge is 0.125 e. The van der Waals surface area contributed by atoms with Crippen molar-refractivity contribution in [3.05, 3.63) is 0 Å². The summed E-state index contributed by atoms with van der Waals surface area (Å²) < 4.78 is 0. The van der Waals surface area contributed by atoms with Crippen molar-refractivity contribution >= 4 is 12.5 Å². The van der Waals surface area contributed by atoms with Crippen molar-refractivity contribution in [2.24, 2.45) is 5.10 Å². The van der Waals surface area contributed by atoms with E-state index in [4.69, 9.17) is 0 Å². The molecule has 0 atom stereocenters. The Kier molecular flexibility index (Phi) is 4.51. The lowest BCUT2D eigenvalue weighted by Gasteiger charge is -1.79. The van der Waals surface area contributed by atoms with E-state index >= 15 is 0 Å². The molecule has 0 spiro atoms. The highest BCUT2D eigenvalue weighted by Crippen LogP contribution is 1.58. The highest BCUT2D eigenvalue weighted by Gasteiger charge is 1.67. The van der Waals surface area contributed by atoms with E-state index in [0.717, 1.165) is 6.29 Å². The number of rotatable bonds is 3. The van der Waals surface area contributed by atoms with Gasteiger partial charge in [-0.2, -0.15) is 5.10 Å². The van der Waals surface area contributed by atoms with Gasteiger partial charge in [-0.05, 0) is 0 Å². The van der Waals surface area contributed by atoms with Crippen LogP contribution < -0.4 is 5.43 Å². The van der Waals surface area contributed by atoms with Crippen molar-refractivity contribution in [3.63, 3.8) is 0 Å². The Bertz CT molecular complexity index is 70.1. The molecule has 0 saturated heterocycles. The zero-order valence-electron chi connectivity index (χ0n) is 4.22. The van der Waals surface area contributed by atoms with Crippen molar-refractivity contribution in [1.29, 1.82) is 0 Å². The molecule has 0 bridgehead atoms. The van der Waals surface area contributed by atoms with E-state index in [1.54, 1.807) is 7.05 Å². The van der Waals surface area contributed by atoms with Crippen molar-refractivity contribution in [1.82, 2.24) is 5.43 Å². The summed E-state index contributed by atoms with van der Waals surface area (Å²) in [7, 11) is 1.68. The molecule has 1 N–H and O–H groups in total. The van der Waals surface area contributed by atoms with Crippen LogP contribution in [0.15, 0.2) is 5.10 Å². The molecule has 7 heavy (non-hydrogen) atoms. The van der Waals surface area contributed by atoms with Gasteiger partial charge in [-0.25, -0.2) is 0 Å². The SMILES string of the molecule is CNN=CCC=O. The van der Waals surface area contributed by atoms with Crippen LogP contribution in [0.5, 0.6) is 0 Å². The molecule has 0 aliphatic heterocycles. The summed E-state index contributed by atoms with van der Waals surface area (Å²) in [5.41, 5.74) is 2.51. The van der Waals surface area contributed by atoms with Crippen LogP contribution in [0.3, 0.4) is 0 Å². The summed E-state index contributed by atoms with van der Waals surface area (Å²) in [6.07, 6.45) is 2.69. The minimum absolute atomic E-state index is 0.390. The zero-order chi connectivity index (χ0) is 5.54. The normalized spacial score (nSPS) is 9.29. The first kappa shape index (κ1) is 6.14. The molecule has 0 rings (SSSR count). The van der Waals surface area contributed by atoms with Gasteiger partial charge in [0.1, 0.15) is 6.29 Å². The van der Waals surface area contributed by atoms with E-state index in [0.29, 0.717) is 6.42 Å². The minimum Gasteiger partial charge on any atom is -0.313 e. The summed E-state index contributed by atoms with van der Waals surface area (Å²) in [5, 5.41) is 3.56. The molecule has 0 radical (unpaired) electrons. The predicted octanol–water partition coefficient (Wildman–Crippen LogP) is -0.219. The molecule has 0 saturated carbocycles. The van der Waals surface area contributed by atoms with Crippen LogP contribution in [0, 0.1) is 0 Å². The predicted molar refractivity (Wildman–Crippen MR) is 28.2 cm³/mol. The number of carbonyl (C=O) groups is 1. The van der Waals surface area contributed by atoms with Gasteiger partial charge in [0.25, 0.3) is 0 Å². The highest BCUT2D eigenvalue weighted by molar-refractivity contribution is 5.75. The lowest BCUT2D eigenvalue weighted by atomic mass is 10.5. The number of aldehydes is 1. The van der Waals surface area contributed by atoms with Crippen LogP contribution in [0.4, 0.5) is 0 Å². The van der Waals surface area contributed by atoms with Crippen LogP contribution in [-0.4, -0.2) is 19.5 Å². The number of hydrogen-bond donors (Lipinski definition) is 1. The average Bonchev–Trinajstić information content (AvgIpc) is 1.69. The second-order valence-corrected chi connectivity index (χ2v) is 0.938. The van der Waals surface area contributed by atoms with E-state index in [1.165, 1.54) is 6.21 Å². The summed E-state index contributed by atoms with van der Waals surface area (Å²) >= 11 is 0. The minimum atomic E-state index is 0.390. The van der Waals surface area contributed by atoms with Crippen LogP contribution in [-0.2, 0) is 4.79 Å². The van der Waals surface area contributed by atoms with Crippen molar-refractivity contribution in [2.75, 3.05) is 7.05 Å². The van der Waals surface area contributed by atoms with Crippen molar-refractivity contribution < 1.29 is 4.79 Å². The molecule has 0 unspecified atom stereocenters. The molecule has 0 aromatic heterocycles. The fourth-order valence-electron chi connectivity index (χ4n) is 0.187. The molecular formula is C4H8N2O. The van der Waals surface area contributed by atoms with Crippen LogP contribution in [0.2, 0.25) is 0 Å². The third-order valence-electron chi connectivity index (χ3n) is 0.422. The fraction of sp³-hybridized carbons (Fsp3) is 0.500. The van der Waals surface area contributed by atoms with Gasteiger partial charge in [0, 0.05) is 19.7 Å². The van der Waals surface area contributed by atoms with Gasteiger partial charge >= 0.3 is 0 Å². The lowest BCUT2D eigenvalue weighted by Crippen LogP contribution is -1.93. The summed E-state index contributed by atoms with van der Waals surface area (Å²) in [6.45, 7) is 0. The molecule has 0 aromatic rings. The van der Waals surface area contributed by atoms with Gasteiger partial charge in [0.15, 0.2) is 0 Å². The van der Waals surface area contributed by atoms with Gasteiger partial charge in [-0.1, -0.05) is 0 Å². The van der Waals surface area contributed by atoms with E-state index in [2.05, 4.69) is 10.5 Å². The molecule has 0 amide bonds. The third kappa shape index (κ3) is 5.14. The molecule has 40 valence electrons. The Balaban J connectivity index is 2.92. The topological polar surface area (TPSA) is 41.5 Å². The van der Waals surface area contributed by atoms with Crippen molar-refractivity contribution in [3.8, 4) is 0 Å². The van der Waals surface area contributed by atoms with Crippen LogP contribution in [0.25, 0.3) is 0 Å². The van der Waals surface area contributed by atoms with E-state index in [9.17, 15) is 4.79 Å². The fourth-order valence-corrected chi connectivity index (χ4v) is 0.187. The maximum atomic E-state index is 9.56. The first-order valence-electron chi connectivity index (χ1n) is 2.03. The molecule has 3 heteroatoms. The number of carbonyl (C=O) groups excluding carboxylic acids is 1. The molecule has 0 aliphatic rings. The maximum Gasteiger partial charge on any atom is 0.125 e. The lowest BCUT2D eigenvalue weighted by molar-refractivity contribution is -0.106. The molecule has 0 fully saturated rings. The maximum absolute atomic E-state index is 9.56. The summed E-state index contributed by atoms with van der Waals surface area (Å²) in [5.74, 6) is 0. The largest absolute Gasteiger partial charge is 0.313 e. The zero-order valence-corrected chi connectivity index (χ0v) is 4.22. The number of hydrazone groups is 1. The molecule has 0 aliphatic carbocycles. The summed E-state index contributed by atoms with van der Waals surface area (Å²) in [4.78, 5) is 9.56. The molecular weight excluding hydrogens is 92.1 g/mol. The van der Waals surface area contributed by atoms with Gasteiger partial charge in [0.05, 0.1) is 0 Å². The molecule has 0 heterocycles. The van der Waals surface area contributed by atoms with E-state index in [-0.39, 0.29) is 0 Å². The monoisotopic (exact) mass is 100 g/mol. The Morgan fingerprint density at radius 1 is 1.86 bits per heavy atom. The third-order valence-corrected chi connectivity index (χ3v) is 0.422. The first-order chi connectivity index (χ1) is 3.41. The molecule has 0 aromatic carbocycles. The standard InChI is InChI=1S/C4H8N2O/c1-5-6-3-2-4-7/h3-5H,2H2,1H3. The Morgan fingerprint density at radius 2 is 2.57 bits per heavy atom. The Hall–Kier alpha value is -0.860. The Labute approximate surface area is 42.4 Å². The van der Waals surface area contributed by atoms with Gasteiger partial charge in [0.2, 0.25) is 0 Å². The van der Waals surface area contributed by atoms with Gasteiger partial charge < -0.3 is 10.2 Å². The van der Waals surface area contributed by atoms with Crippen molar-refractivity contribution in [2.45, 2.75) is 6.42 Å².